The number of quaternary nitrogens is 1. The number of hydrogen-bond donors (Lipinski definition) is 2. The summed E-state index contributed by atoms with van der Waals surface area (Å²) >= 11 is 0. The zero-order valence-corrected chi connectivity index (χ0v) is 22.6. The van der Waals surface area contributed by atoms with Crippen LogP contribution in [-0.2, 0) is 16.7 Å². The van der Waals surface area contributed by atoms with Gasteiger partial charge >= 0.3 is 0 Å². The minimum Gasteiger partial charge on any atom is -0.744 e. The minimum absolute atomic E-state index is 0.0906. The van der Waals surface area contributed by atoms with Gasteiger partial charge in [0.1, 0.15) is 21.6 Å². The fourth-order valence-corrected chi connectivity index (χ4v) is 5.36. The predicted octanol–water partition coefficient (Wildman–Crippen LogP) is 6.56. The lowest BCUT2D eigenvalue weighted by Crippen LogP contribution is -2.49. The highest BCUT2D eigenvalue weighted by atomic mass is 32.2. The van der Waals surface area contributed by atoms with E-state index in [0.29, 0.717) is 5.39 Å². The molecule has 0 heterocycles. The molecule has 3 aromatic carbocycles. The first-order valence-corrected chi connectivity index (χ1v) is 14.4. The maximum Gasteiger partial charge on any atom is 0.175 e. The summed E-state index contributed by atoms with van der Waals surface area (Å²) < 4.78 is 34.3. The first kappa shape index (κ1) is 29.6. The molecule has 0 aliphatic rings. The van der Waals surface area contributed by atoms with Crippen LogP contribution < -0.4 is 0 Å². The van der Waals surface area contributed by atoms with Crippen molar-refractivity contribution in [3.05, 3.63) is 66.2 Å². The molecule has 198 valence electrons. The number of aromatic hydroxyl groups is 2. The zero-order valence-electron chi connectivity index (χ0n) is 21.8. The van der Waals surface area contributed by atoms with Gasteiger partial charge in [-0.2, -0.15) is 0 Å². The van der Waals surface area contributed by atoms with Gasteiger partial charge in [0.25, 0.3) is 0 Å². The quantitative estimate of drug-likeness (QED) is 0.162. The van der Waals surface area contributed by atoms with E-state index in [0.717, 1.165) is 0 Å². The number of rotatable bonds is 12. The summed E-state index contributed by atoms with van der Waals surface area (Å²) in [6.07, 6.45) is 8.02. The molecule has 0 atom stereocenters. The summed E-state index contributed by atoms with van der Waals surface area (Å²) in [5, 5.41) is 19.2. The first-order valence-electron chi connectivity index (χ1n) is 13.0. The van der Waals surface area contributed by atoms with Crippen LogP contribution in [-0.4, -0.2) is 47.3 Å². The lowest BCUT2D eigenvalue weighted by Gasteiger charge is -2.39. The molecule has 0 fully saturated rings. The van der Waals surface area contributed by atoms with E-state index in [-0.39, 0.29) is 5.39 Å². The second-order valence-corrected chi connectivity index (χ2v) is 10.8. The molecule has 0 saturated heterocycles. The van der Waals surface area contributed by atoms with Crippen LogP contribution in [0.2, 0.25) is 0 Å². The summed E-state index contributed by atoms with van der Waals surface area (Å²) in [5.41, 5.74) is 1.51. The van der Waals surface area contributed by atoms with Gasteiger partial charge in [0.15, 0.2) is 11.5 Å². The summed E-state index contributed by atoms with van der Waals surface area (Å²) in [7, 11) is -4.84. The monoisotopic (exact) mass is 515 g/mol. The number of nitrogens with zero attached hydrogens (tertiary/aromatic N) is 1. The Kier molecular flexibility index (Phi) is 11.7. The molecule has 0 aromatic heterocycles. The van der Waals surface area contributed by atoms with Crippen LogP contribution in [0.4, 0.5) is 0 Å². The molecule has 3 rings (SSSR count). The summed E-state index contributed by atoms with van der Waals surface area (Å²) in [4.78, 5) is -0.789. The first-order chi connectivity index (χ1) is 17.2. The van der Waals surface area contributed by atoms with Crippen LogP contribution in [0.1, 0.15) is 64.9 Å². The van der Waals surface area contributed by atoms with Crippen molar-refractivity contribution in [3.8, 4) is 11.5 Å². The van der Waals surface area contributed by atoms with Crippen LogP contribution in [0.5, 0.6) is 11.5 Å². The maximum absolute atomic E-state index is 11.0. The van der Waals surface area contributed by atoms with Crippen molar-refractivity contribution in [2.24, 2.45) is 0 Å². The van der Waals surface area contributed by atoms with Gasteiger partial charge in [0, 0.05) is 10.9 Å². The third-order valence-electron chi connectivity index (χ3n) is 6.52. The topological polar surface area (TPSA) is 97.7 Å². The Morgan fingerprint density at radius 1 is 0.778 bits per heavy atom. The van der Waals surface area contributed by atoms with Crippen molar-refractivity contribution in [1.82, 2.24) is 0 Å². The molecule has 0 radical (unpaired) electrons. The molecule has 2 N–H and O–H groups in total. The van der Waals surface area contributed by atoms with Crippen molar-refractivity contribution in [2.45, 2.75) is 70.7 Å². The highest BCUT2D eigenvalue weighted by Crippen LogP contribution is 2.38. The van der Waals surface area contributed by atoms with E-state index in [1.54, 1.807) is 6.07 Å². The zero-order chi connectivity index (χ0) is 26.6. The summed E-state index contributed by atoms with van der Waals surface area (Å²) in [5.74, 6) is -1.54. The second-order valence-electron chi connectivity index (χ2n) is 9.47. The molecule has 0 unspecified atom stereocenters. The van der Waals surface area contributed by atoms with Gasteiger partial charge in [-0.1, -0.05) is 94.6 Å². The van der Waals surface area contributed by atoms with Gasteiger partial charge in [-0.3, -0.25) is 0 Å². The highest BCUT2D eigenvalue weighted by Gasteiger charge is 2.26. The molecule has 7 heteroatoms. The molecule has 36 heavy (non-hydrogen) atoms. The Labute approximate surface area is 216 Å². The van der Waals surface area contributed by atoms with Crippen molar-refractivity contribution in [1.29, 1.82) is 0 Å². The van der Waals surface area contributed by atoms with Crippen LogP contribution in [0.15, 0.2) is 65.6 Å². The third kappa shape index (κ3) is 8.50. The van der Waals surface area contributed by atoms with Crippen LogP contribution in [0, 0.1) is 0 Å². The molecule has 0 bridgehead atoms. The Morgan fingerprint density at radius 3 is 1.78 bits per heavy atom. The number of unbranched alkanes of at least 4 members (excludes halogenated alkanes) is 3. The molecule has 0 saturated carbocycles. The molecule has 0 aliphatic heterocycles. The van der Waals surface area contributed by atoms with E-state index in [1.165, 1.54) is 99.0 Å². The molecule has 0 amide bonds. The van der Waals surface area contributed by atoms with Crippen molar-refractivity contribution < 1.29 is 27.7 Å². The highest BCUT2D eigenvalue weighted by molar-refractivity contribution is 7.86. The summed E-state index contributed by atoms with van der Waals surface area (Å²) in [6.45, 7) is 12.2. The molecule has 0 aliphatic carbocycles. The smallest absolute Gasteiger partial charge is 0.175 e. The molecule has 0 spiro atoms. The van der Waals surface area contributed by atoms with E-state index >= 15 is 0 Å². The molecular weight excluding hydrogens is 474 g/mol. The second kappa shape index (κ2) is 14.2. The summed E-state index contributed by atoms with van der Waals surface area (Å²) in [6, 6.07) is 18.4. The average Bonchev–Trinajstić information content (AvgIpc) is 2.86. The van der Waals surface area contributed by atoms with Crippen LogP contribution in [0.3, 0.4) is 0 Å². The molecule has 3 aromatic rings. The number of phenolic OH excluding ortho intramolecular Hbond substituents is 2. The van der Waals surface area contributed by atoms with Gasteiger partial charge in [-0.05, 0) is 30.7 Å². The predicted molar refractivity (Wildman–Crippen MR) is 145 cm³/mol. The van der Waals surface area contributed by atoms with Crippen molar-refractivity contribution in [3.63, 3.8) is 0 Å². The maximum atomic E-state index is 11.0. The van der Waals surface area contributed by atoms with Crippen molar-refractivity contribution >= 4 is 20.9 Å². The number of benzene rings is 3. The van der Waals surface area contributed by atoms with Gasteiger partial charge in [-0.25, -0.2) is 8.42 Å². The number of phenols is 2. The van der Waals surface area contributed by atoms with Gasteiger partial charge in [0.05, 0.1) is 19.6 Å². The van der Waals surface area contributed by atoms with E-state index in [9.17, 15) is 23.2 Å². The van der Waals surface area contributed by atoms with Gasteiger partial charge < -0.3 is 19.2 Å². The van der Waals surface area contributed by atoms with E-state index < -0.39 is 26.5 Å². The fourth-order valence-electron chi connectivity index (χ4n) is 4.57. The SMILES string of the molecule is CCCC[N+](CCCC)(CCCC)Cc1ccccc1.O=S(=O)([O-])c1c(O)c(O)cc2ccccc12. The Hall–Kier alpha value is -2.61. The van der Waals surface area contributed by atoms with E-state index in [4.69, 9.17) is 0 Å². The van der Waals surface area contributed by atoms with E-state index in [1.807, 2.05) is 0 Å². The Balaban J connectivity index is 0.000000259. The van der Waals surface area contributed by atoms with E-state index in [2.05, 4.69) is 51.1 Å². The molecular formula is C29H41NO5S. The standard InChI is InChI=1S/C19H34N.C10H8O5S/c1-4-7-15-20(16-8-5-2,17-9-6-3)18-19-13-11-10-12-14-19;11-8-5-6-3-1-2-4-7(6)10(9(8)12)16(13,14)15/h10-14H,4-9,15-18H2,1-3H3;1-5,11-12H,(H,13,14,15)/q+1;/p-1. The van der Waals surface area contributed by atoms with Crippen LogP contribution in [0.25, 0.3) is 10.8 Å². The number of fused-ring (bicyclic) bond motifs is 1. The normalized spacial score (nSPS) is 11.8. The third-order valence-corrected chi connectivity index (χ3v) is 7.44. The fraction of sp³-hybridized carbons (Fsp3) is 0.448. The van der Waals surface area contributed by atoms with Crippen molar-refractivity contribution in [2.75, 3.05) is 19.6 Å². The average molecular weight is 516 g/mol. The minimum atomic E-state index is -4.84. The Morgan fingerprint density at radius 2 is 1.28 bits per heavy atom. The number of hydrogen-bond acceptors (Lipinski definition) is 5. The Bertz CT molecular complexity index is 1160. The lowest BCUT2D eigenvalue weighted by atomic mass is 10.1. The lowest BCUT2D eigenvalue weighted by molar-refractivity contribution is -0.941. The largest absolute Gasteiger partial charge is 0.744 e. The van der Waals surface area contributed by atoms with Crippen LogP contribution >= 0.6 is 0 Å². The van der Waals surface area contributed by atoms with Gasteiger partial charge in [0.2, 0.25) is 0 Å². The van der Waals surface area contributed by atoms with Gasteiger partial charge in [-0.15, -0.1) is 0 Å². The molecule has 6 nitrogen and oxygen atoms in total.